The van der Waals surface area contributed by atoms with E-state index in [0.717, 1.165) is 5.56 Å². The fourth-order valence-corrected chi connectivity index (χ4v) is 0.882. The number of carbonyl (C=O) groups is 1. The summed E-state index contributed by atoms with van der Waals surface area (Å²) in [6.07, 6.45) is 0. The molecule has 0 fully saturated rings. The minimum Gasteiger partial charge on any atom is -0.271 e. The fourth-order valence-electron chi connectivity index (χ4n) is 0.882. The number of amides is 1. The van der Waals surface area contributed by atoms with Crippen LogP contribution in [0.25, 0.3) is 0 Å². The zero-order chi connectivity index (χ0) is 10.4. The molecule has 0 aromatic heterocycles. The maximum absolute atomic E-state index is 10.7. The first-order chi connectivity index (χ1) is 6.74. The summed E-state index contributed by atoms with van der Waals surface area (Å²) >= 11 is 0. The summed E-state index contributed by atoms with van der Waals surface area (Å²) in [5, 5.41) is 2.84. The SMILES string of the molecule is CC(=O)N(N=O)OCc1ccccc1. The normalized spacial score (nSPS) is 9.50. The van der Waals surface area contributed by atoms with E-state index in [9.17, 15) is 9.70 Å². The molecule has 5 heteroatoms. The van der Waals surface area contributed by atoms with Gasteiger partial charge in [0.15, 0.2) is 0 Å². The molecule has 0 aliphatic carbocycles. The first-order valence-corrected chi connectivity index (χ1v) is 4.05. The number of hydrogen-bond donors (Lipinski definition) is 0. The van der Waals surface area contributed by atoms with E-state index in [-0.39, 0.29) is 6.61 Å². The molecular weight excluding hydrogens is 184 g/mol. The van der Waals surface area contributed by atoms with Crippen molar-refractivity contribution in [3.63, 3.8) is 0 Å². The van der Waals surface area contributed by atoms with Crippen molar-refractivity contribution in [3.05, 3.63) is 40.8 Å². The van der Waals surface area contributed by atoms with Crippen molar-refractivity contribution < 1.29 is 9.63 Å². The molecule has 0 N–H and O–H groups in total. The molecule has 0 radical (unpaired) electrons. The van der Waals surface area contributed by atoms with Gasteiger partial charge >= 0.3 is 0 Å². The van der Waals surface area contributed by atoms with Gasteiger partial charge in [0, 0.05) is 6.92 Å². The summed E-state index contributed by atoms with van der Waals surface area (Å²) in [7, 11) is 0. The van der Waals surface area contributed by atoms with Crippen LogP contribution < -0.4 is 0 Å². The van der Waals surface area contributed by atoms with Gasteiger partial charge in [-0.25, -0.2) is 4.84 Å². The van der Waals surface area contributed by atoms with Crippen molar-refractivity contribution in [1.82, 2.24) is 5.17 Å². The topological polar surface area (TPSA) is 59.0 Å². The van der Waals surface area contributed by atoms with E-state index < -0.39 is 5.91 Å². The van der Waals surface area contributed by atoms with Crippen LogP contribution in [0.4, 0.5) is 0 Å². The molecule has 14 heavy (non-hydrogen) atoms. The summed E-state index contributed by atoms with van der Waals surface area (Å²) in [5.41, 5.74) is 0.863. The van der Waals surface area contributed by atoms with E-state index in [0.29, 0.717) is 5.17 Å². The van der Waals surface area contributed by atoms with Crippen LogP contribution in [0.5, 0.6) is 0 Å². The lowest BCUT2D eigenvalue weighted by Crippen LogP contribution is -2.22. The number of rotatable bonds is 4. The number of hydroxylamine groups is 1. The van der Waals surface area contributed by atoms with Crippen molar-refractivity contribution in [2.75, 3.05) is 0 Å². The van der Waals surface area contributed by atoms with Gasteiger partial charge in [-0.15, -0.1) is 4.91 Å². The molecule has 0 bridgehead atoms. The van der Waals surface area contributed by atoms with E-state index in [4.69, 9.17) is 4.84 Å². The Bertz CT molecular complexity index is 313. The molecule has 1 aromatic rings. The number of nitrogens with zero attached hydrogens (tertiary/aromatic N) is 2. The monoisotopic (exact) mass is 194 g/mol. The van der Waals surface area contributed by atoms with Gasteiger partial charge in [-0.3, -0.25) is 4.79 Å². The van der Waals surface area contributed by atoms with Gasteiger partial charge < -0.3 is 0 Å². The highest BCUT2D eigenvalue weighted by Gasteiger charge is 2.08. The lowest BCUT2D eigenvalue weighted by molar-refractivity contribution is -0.190. The maximum atomic E-state index is 10.7. The van der Waals surface area contributed by atoms with Crippen molar-refractivity contribution in [3.8, 4) is 0 Å². The fraction of sp³-hybridized carbons (Fsp3) is 0.222. The highest BCUT2D eigenvalue weighted by Crippen LogP contribution is 2.03. The molecule has 1 amide bonds. The van der Waals surface area contributed by atoms with Crippen molar-refractivity contribution in [2.24, 2.45) is 5.29 Å². The minimum atomic E-state index is -0.545. The molecule has 5 nitrogen and oxygen atoms in total. The van der Waals surface area contributed by atoms with E-state index in [1.807, 2.05) is 30.3 Å². The van der Waals surface area contributed by atoms with Crippen LogP contribution in [-0.2, 0) is 16.2 Å². The summed E-state index contributed by atoms with van der Waals surface area (Å²) in [4.78, 5) is 25.6. The molecular formula is C9H10N2O3. The number of nitroso groups, excluding NO2 is 1. The van der Waals surface area contributed by atoms with E-state index in [1.54, 1.807) is 0 Å². The standard InChI is InChI=1S/C9H10N2O3/c1-8(12)11(10-13)14-7-9-5-3-2-4-6-9/h2-6H,7H2,1H3. The highest BCUT2D eigenvalue weighted by atomic mass is 16.7. The first-order valence-electron chi connectivity index (χ1n) is 4.05. The lowest BCUT2D eigenvalue weighted by atomic mass is 10.2. The highest BCUT2D eigenvalue weighted by molar-refractivity contribution is 5.71. The number of benzene rings is 1. The molecule has 0 heterocycles. The Kier molecular flexibility index (Phi) is 3.75. The molecule has 1 aromatic carbocycles. The van der Waals surface area contributed by atoms with Crippen LogP contribution in [0, 0.1) is 4.91 Å². The predicted octanol–water partition coefficient (Wildman–Crippen LogP) is 1.65. The Morgan fingerprint density at radius 1 is 1.43 bits per heavy atom. The average molecular weight is 194 g/mol. The minimum absolute atomic E-state index is 0.145. The first kappa shape index (κ1) is 10.3. The summed E-state index contributed by atoms with van der Waals surface area (Å²) in [6.45, 7) is 1.35. The third kappa shape index (κ3) is 2.95. The Balaban J connectivity index is 2.47. The molecule has 0 spiro atoms. The van der Waals surface area contributed by atoms with E-state index in [1.165, 1.54) is 6.92 Å². The molecule has 0 saturated heterocycles. The van der Waals surface area contributed by atoms with Crippen LogP contribution in [-0.4, -0.2) is 11.1 Å². The maximum Gasteiger partial charge on any atom is 0.269 e. The van der Waals surface area contributed by atoms with Crippen LogP contribution in [0.15, 0.2) is 35.6 Å². The van der Waals surface area contributed by atoms with Crippen LogP contribution in [0.1, 0.15) is 12.5 Å². The quantitative estimate of drug-likeness (QED) is 0.540. The Hall–Kier alpha value is -1.75. The summed E-state index contributed by atoms with van der Waals surface area (Å²) in [5.74, 6) is -0.545. The second-order valence-electron chi connectivity index (χ2n) is 2.63. The van der Waals surface area contributed by atoms with Gasteiger partial charge in [-0.1, -0.05) is 35.5 Å². The van der Waals surface area contributed by atoms with Crippen molar-refractivity contribution in [2.45, 2.75) is 13.5 Å². The zero-order valence-corrected chi connectivity index (χ0v) is 7.71. The molecule has 74 valence electrons. The molecule has 1 rings (SSSR count). The van der Waals surface area contributed by atoms with Gasteiger partial charge in [-0.05, 0) is 5.56 Å². The molecule has 0 aliphatic heterocycles. The summed E-state index contributed by atoms with van der Waals surface area (Å²) < 4.78 is 0. The lowest BCUT2D eigenvalue weighted by Gasteiger charge is -2.09. The van der Waals surface area contributed by atoms with Crippen LogP contribution >= 0.6 is 0 Å². The largest absolute Gasteiger partial charge is 0.271 e. The second-order valence-corrected chi connectivity index (χ2v) is 2.63. The third-order valence-corrected chi connectivity index (χ3v) is 1.54. The van der Waals surface area contributed by atoms with E-state index in [2.05, 4.69) is 5.29 Å². The van der Waals surface area contributed by atoms with Gasteiger partial charge in [0.1, 0.15) is 6.61 Å². The third-order valence-electron chi connectivity index (χ3n) is 1.54. The van der Waals surface area contributed by atoms with E-state index >= 15 is 0 Å². The molecule has 0 aliphatic rings. The summed E-state index contributed by atoms with van der Waals surface area (Å²) in [6, 6.07) is 9.19. The van der Waals surface area contributed by atoms with Gasteiger partial charge in [0.2, 0.25) is 0 Å². The molecule has 0 saturated carbocycles. The Morgan fingerprint density at radius 3 is 2.57 bits per heavy atom. The Morgan fingerprint density at radius 2 is 2.07 bits per heavy atom. The second kappa shape index (κ2) is 5.08. The predicted molar refractivity (Wildman–Crippen MR) is 49.5 cm³/mol. The average Bonchev–Trinajstić information content (AvgIpc) is 2.20. The van der Waals surface area contributed by atoms with Gasteiger partial charge in [0.25, 0.3) is 5.91 Å². The zero-order valence-electron chi connectivity index (χ0n) is 7.71. The molecule has 0 unspecified atom stereocenters. The molecule has 0 atom stereocenters. The number of hydrogen-bond acceptors (Lipinski definition) is 4. The van der Waals surface area contributed by atoms with Crippen LogP contribution in [0.3, 0.4) is 0 Å². The van der Waals surface area contributed by atoms with Gasteiger partial charge in [0.05, 0.1) is 5.29 Å². The van der Waals surface area contributed by atoms with Crippen LogP contribution in [0.2, 0.25) is 0 Å². The van der Waals surface area contributed by atoms with Crippen molar-refractivity contribution >= 4 is 5.91 Å². The Labute approximate surface area is 81.2 Å². The van der Waals surface area contributed by atoms with Crippen molar-refractivity contribution in [1.29, 1.82) is 0 Å². The van der Waals surface area contributed by atoms with Gasteiger partial charge in [-0.2, -0.15) is 0 Å². The smallest absolute Gasteiger partial charge is 0.269 e. The number of carbonyl (C=O) groups excluding carboxylic acids is 1.